The third-order valence-corrected chi connectivity index (χ3v) is 4.70. The van der Waals surface area contributed by atoms with Crippen molar-refractivity contribution in [1.29, 1.82) is 0 Å². The topological polar surface area (TPSA) is 79.1 Å². The monoisotopic (exact) mass is 456 g/mol. The van der Waals surface area contributed by atoms with E-state index >= 15 is 0 Å². The summed E-state index contributed by atoms with van der Waals surface area (Å²) in [5.41, 5.74) is 1.25. The van der Waals surface area contributed by atoms with E-state index in [-0.39, 0.29) is 12.2 Å². The van der Waals surface area contributed by atoms with Gasteiger partial charge in [0.15, 0.2) is 11.5 Å². The second-order valence-corrected chi connectivity index (χ2v) is 7.38. The summed E-state index contributed by atoms with van der Waals surface area (Å²) in [4.78, 5) is 28.6. The van der Waals surface area contributed by atoms with E-state index in [1.165, 1.54) is 22.7 Å². The maximum absolute atomic E-state index is 12.2. The zero-order valence-electron chi connectivity index (χ0n) is 18.0. The Morgan fingerprint density at radius 3 is 2.75 bits per heavy atom. The number of hydrogen-bond acceptors (Lipinski definition) is 6. The lowest BCUT2D eigenvalue weighted by Gasteiger charge is -2.12. The van der Waals surface area contributed by atoms with Crippen LogP contribution in [0.3, 0.4) is 0 Å². The first-order valence-corrected chi connectivity index (χ1v) is 10.8. The molecule has 1 aromatic carbocycles. The van der Waals surface area contributed by atoms with Gasteiger partial charge in [-0.15, -0.1) is 0 Å². The second kappa shape index (κ2) is 11.3. The predicted molar refractivity (Wildman–Crippen MR) is 123 cm³/mol. The van der Waals surface area contributed by atoms with Gasteiger partial charge in [-0.25, -0.2) is 9.78 Å². The van der Waals surface area contributed by atoms with E-state index in [9.17, 15) is 9.59 Å². The maximum atomic E-state index is 12.2. The van der Waals surface area contributed by atoms with Gasteiger partial charge in [-0.2, -0.15) is 0 Å². The number of rotatable bonds is 10. The molecule has 0 N–H and O–H groups in total. The summed E-state index contributed by atoms with van der Waals surface area (Å²) in [6.45, 7) is 5.01. The molecule has 0 bridgehead atoms. The van der Waals surface area contributed by atoms with Gasteiger partial charge in [-0.3, -0.25) is 9.20 Å². The van der Waals surface area contributed by atoms with Gasteiger partial charge in [-0.1, -0.05) is 31.0 Å². The molecule has 2 heterocycles. The van der Waals surface area contributed by atoms with Crippen molar-refractivity contribution in [2.24, 2.45) is 0 Å². The van der Waals surface area contributed by atoms with Crippen LogP contribution in [0.25, 0.3) is 11.7 Å². The highest BCUT2D eigenvalue weighted by Crippen LogP contribution is 2.29. The Morgan fingerprint density at radius 2 is 1.97 bits per heavy atom. The zero-order chi connectivity index (χ0) is 22.9. The van der Waals surface area contributed by atoms with Crippen LogP contribution in [0.4, 0.5) is 0 Å². The van der Waals surface area contributed by atoms with Crippen LogP contribution >= 0.6 is 11.6 Å². The molecule has 8 heteroatoms. The highest BCUT2D eigenvalue weighted by molar-refractivity contribution is 6.30. The molecule has 3 rings (SSSR count). The number of unbranched alkanes of at least 4 members (excludes halogenated alkanes) is 1. The fourth-order valence-electron chi connectivity index (χ4n) is 2.90. The number of pyridine rings is 1. The highest BCUT2D eigenvalue weighted by Gasteiger charge is 2.08. The largest absolute Gasteiger partial charge is 0.490 e. The van der Waals surface area contributed by atoms with Gasteiger partial charge < -0.3 is 14.2 Å². The van der Waals surface area contributed by atoms with E-state index in [0.717, 1.165) is 18.4 Å². The minimum absolute atomic E-state index is 0.119. The number of hydrogen-bond donors (Lipinski definition) is 0. The average molecular weight is 457 g/mol. The van der Waals surface area contributed by atoms with Gasteiger partial charge in [0.25, 0.3) is 5.56 Å². The number of nitrogens with zero attached hydrogens (tertiary/aromatic N) is 2. The summed E-state index contributed by atoms with van der Waals surface area (Å²) < 4.78 is 18.0. The van der Waals surface area contributed by atoms with Gasteiger partial charge in [0, 0.05) is 18.3 Å². The van der Waals surface area contributed by atoms with Crippen molar-refractivity contribution in [2.45, 2.75) is 33.3 Å². The first-order chi connectivity index (χ1) is 15.5. The number of fused-ring (bicyclic) bond motifs is 1. The number of ether oxygens (including phenoxy) is 3. The highest BCUT2D eigenvalue weighted by atomic mass is 35.5. The van der Waals surface area contributed by atoms with Crippen LogP contribution in [0.5, 0.6) is 11.5 Å². The van der Waals surface area contributed by atoms with Gasteiger partial charge >= 0.3 is 5.97 Å². The number of esters is 1. The zero-order valence-corrected chi connectivity index (χ0v) is 18.8. The fourth-order valence-corrected chi connectivity index (χ4v) is 3.06. The first-order valence-electron chi connectivity index (χ1n) is 10.4. The molecular weight excluding hydrogens is 432 g/mol. The Balaban J connectivity index is 1.63. The average Bonchev–Trinajstić information content (AvgIpc) is 2.78. The molecule has 0 fully saturated rings. The van der Waals surface area contributed by atoms with Gasteiger partial charge in [0.05, 0.1) is 23.9 Å². The molecule has 3 aromatic rings. The molecule has 168 valence electrons. The van der Waals surface area contributed by atoms with Crippen LogP contribution in [-0.2, 0) is 16.1 Å². The van der Waals surface area contributed by atoms with E-state index in [1.54, 1.807) is 18.2 Å². The lowest BCUT2D eigenvalue weighted by atomic mass is 10.2. The summed E-state index contributed by atoms with van der Waals surface area (Å²) in [7, 11) is 0. The fraction of sp³-hybridized carbons (Fsp3) is 0.292. The number of halogens is 1. The van der Waals surface area contributed by atoms with Crippen LogP contribution in [0.1, 0.15) is 37.9 Å². The predicted octanol–water partition coefficient (Wildman–Crippen LogP) is 4.68. The second-order valence-electron chi connectivity index (χ2n) is 6.94. The Bertz CT molecular complexity index is 1170. The molecule has 32 heavy (non-hydrogen) atoms. The van der Waals surface area contributed by atoms with Gasteiger partial charge in [0.2, 0.25) is 0 Å². The smallest absolute Gasteiger partial charge is 0.331 e. The molecule has 7 nitrogen and oxygen atoms in total. The Morgan fingerprint density at radius 1 is 1.12 bits per heavy atom. The minimum Gasteiger partial charge on any atom is -0.490 e. The Kier molecular flexibility index (Phi) is 8.27. The maximum Gasteiger partial charge on any atom is 0.331 e. The third kappa shape index (κ3) is 6.34. The van der Waals surface area contributed by atoms with Crippen LogP contribution < -0.4 is 15.0 Å². The van der Waals surface area contributed by atoms with Crippen LogP contribution in [0.2, 0.25) is 5.02 Å². The lowest BCUT2D eigenvalue weighted by molar-refractivity contribution is -0.139. The van der Waals surface area contributed by atoms with Crippen molar-refractivity contribution in [3.05, 3.63) is 75.3 Å². The molecule has 2 aromatic heterocycles. The van der Waals surface area contributed by atoms with Crippen molar-refractivity contribution >= 4 is 29.3 Å². The normalized spacial score (nSPS) is 11.1. The van der Waals surface area contributed by atoms with Crippen molar-refractivity contribution in [2.75, 3.05) is 13.2 Å². The standard InChI is InChI=1S/C24H25ClN2O5/c1-3-5-12-31-20-9-6-17(13-21(20)30-4-2)7-11-24(29)32-16-19-14-23(28)27-15-18(25)8-10-22(27)26-19/h6-11,13-15H,3-5,12,16H2,1-2H3/b11-7+. The minimum atomic E-state index is -0.552. The summed E-state index contributed by atoms with van der Waals surface area (Å²) in [5.74, 6) is 0.749. The van der Waals surface area contributed by atoms with Crippen molar-refractivity contribution in [1.82, 2.24) is 9.38 Å². The van der Waals surface area contributed by atoms with E-state index in [4.69, 9.17) is 25.8 Å². The Hall–Kier alpha value is -3.32. The van der Waals surface area contributed by atoms with Gasteiger partial charge in [-0.05, 0) is 49.2 Å². The van der Waals surface area contributed by atoms with E-state index in [2.05, 4.69) is 11.9 Å². The van der Waals surface area contributed by atoms with Crippen molar-refractivity contribution in [3.63, 3.8) is 0 Å². The first kappa shape index (κ1) is 23.3. The summed E-state index contributed by atoms with van der Waals surface area (Å²) in [5, 5.41) is 0.429. The van der Waals surface area contributed by atoms with Crippen LogP contribution in [-0.4, -0.2) is 28.6 Å². The summed E-state index contributed by atoms with van der Waals surface area (Å²) in [6, 6.07) is 10.0. The molecule has 0 saturated carbocycles. The number of aromatic nitrogens is 2. The molecule has 0 unspecified atom stereocenters. The quantitative estimate of drug-likeness (QED) is 0.250. The number of carbonyl (C=O) groups excluding carboxylic acids is 1. The number of benzene rings is 1. The SMILES string of the molecule is CCCCOc1ccc(/C=C/C(=O)OCc2cc(=O)n3cc(Cl)ccc3n2)cc1OCC. The van der Waals surface area contributed by atoms with Crippen molar-refractivity contribution in [3.8, 4) is 11.5 Å². The summed E-state index contributed by atoms with van der Waals surface area (Å²) in [6.07, 6.45) is 6.44. The lowest BCUT2D eigenvalue weighted by Crippen LogP contribution is -2.16. The molecule has 0 aliphatic rings. The van der Waals surface area contributed by atoms with E-state index in [0.29, 0.717) is 41.1 Å². The van der Waals surface area contributed by atoms with Crippen LogP contribution in [0, 0.1) is 0 Å². The summed E-state index contributed by atoms with van der Waals surface area (Å²) >= 11 is 5.90. The van der Waals surface area contributed by atoms with E-state index in [1.807, 2.05) is 25.1 Å². The molecule has 0 aliphatic heterocycles. The van der Waals surface area contributed by atoms with E-state index < -0.39 is 5.97 Å². The number of carbonyl (C=O) groups is 1. The van der Waals surface area contributed by atoms with Crippen molar-refractivity contribution < 1.29 is 19.0 Å². The molecule has 0 aliphatic carbocycles. The molecule has 0 saturated heterocycles. The molecular formula is C24H25ClN2O5. The van der Waals surface area contributed by atoms with Gasteiger partial charge in [0.1, 0.15) is 12.3 Å². The molecule has 0 spiro atoms. The Labute approximate surface area is 191 Å². The molecule has 0 radical (unpaired) electrons. The van der Waals surface area contributed by atoms with Crippen LogP contribution in [0.15, 0.2) is 53.5 Å². The third-order valence-electron chi connectivity index (χ3n) is 4.47. The molecule has 0 atom stereocenters. The molecule has 0 amide bonds.